The fraction of sp³-hybridized carbons (Fsp3) is 0.273. The Bertz CT molecular complexity index is 644. The highest BCUT2D eigenvalue weighted by atomic mass is 19.4. The minimum atomic E-state index is -4.96. The molecular formula is C11H9F4N5O. The summed E-state index contributed by atoms with van der Waals surface area (Å²) >= 11 is 0. The van der Waals surface area contributed by atoms with Crippen LogP contribution in [0.5, 0.6) is 5.88 Å². The lowest BCUT2D eigenvalue weighted by atomic mass is 10.2. The average Bonchev–Trinajstić information content (AvgIpc) is 2.45. The van der Waals surface area contributed by atoms with Crippen molar-refractivity contribution in [1.82, 2.24) is 19.9 Å². The second-order valence-electron chi connectivity index (χ2n) is 3.77. The van der Waals surface area contributed by atoms with E-state index in [-0.39, 0.29) is 17.3 Å². The number of hydrogen-bond acceptors (Lipinski definition) is 6. The van der Waals surface area contributed by atoms with Crippen molar-refractivity contribution in [2.45, 2.75) is 6.18 Å². The first-order valence-corrected chi connectivity index (χ1v) is 5.55. The Labute approximate surface area is 116 Å². The topological polar surface area (TPSA) is 72.8 Å². The number of ether oxygens (including phenoxy) is 1. The largest absolute Gasteiger partial charge is 0.480 e. The van der Waals surface area contributed by atoms with Crippen LogP contribution in [0, 0.1) is 5.95 Å². The highest BCUT2D eigenvalue weighted by Crippen LogP contribution is 2.37. The van der Waals surface area contributed by atoms with Crippen LogP contribution in [0.15, 0.2) is 12.4 Å². The molecule has 2 aromatic rings. The Morgan fingerprint density at radius 3 is 2.24 bits per heavy atom. The quantitative estimate of drug-likeness (QED) is 0.692. The number of methoxy groups -OCH3 is 1. The number of rotatable bonds is 3. The van der Waals surface area contributed by atoms with Gasteiger partial charge in [-0.25, -0.2) is 9.97 Å². The molecule has 0 atom stereocenters. The minimum Gasteiger partial charge on any atom is -0.480 e. The third-order valence-electron chi connectivity index (χ3n) is 2.44. The van der Waals surface area contributed by atoms with Gasteiger partial charge in [-0.3, -0.25) is 0 Å². The lowest BCUT2D eigenvalue weighted by Gasteiger charge is -2.12. The molecule has 0 bridgehead atoms. The fourth-order valence-electron chi connectivity index (χ4n) is 1.50. The Hall–Kier alpha value is -2.52. The van der Waals surface area contributed by atoms with Crippen molar-refractivity contribution in [3.63, 3.8) is 0 Å². The SMILES string of the molecule is CNc1ncc(-c2nc(F)c(C(F)(F)F)c(OC)n2)cn1. The van der Waals surface area contributed by atoms with Gasteiger partial charge in [0.1, 0.15) is 0 Å². The van der Waals surface area contributed by atoms with E-state index in [0.29, 0.717) is 0 Å². The summed E-state index contributed by atoms with van der Waals surface area (Å²) in [4.78, 5) is 14.4. The number of halogens is 4. The van der Waals surface area contributed by atoms with Crippen LogP contribution in [0.25, 0.3) is 11.4 Å². The lowest BCUT2D eigenvalue weighted by molar-refractivity contribution is -0.142. The zero-order chi connectivity index (χ0) is 15.6. The first-order valence-electron chi connectivity index (χ1n) is 5.55. The van der Waals surface area contributed by atoms with Crippen molar-refractivity contribution in [1.29, 1.82) is 0 Å². The molecule has 21 heavy (non-hydrogen) atoms. The molecule has 10 heteroatoms. The van der Waals surface area contributed by atoms with Gasteiger partial charge in [0.15, 0.2) is 11.4 Å². The van der Waals surface area contributed by atoms with Gasteiger partial charge >= 0.3 is 6.18 Å². The molecule has 0 saturated carbocycles. The van der Waals surface area contributed by atoms with E-state index in [4.69, 9.17) is 0 Å². The van der Waals surface area contributed by atoms with Crippen LogP contribution in [-0.4, -0.2) is 34.1 Å². The Morgan fingerprint density at radius 2 is 1.76 bits per heavy atom. The van der Waals surface area contributed by atoms with Gasteiger partial charge in [-0.2, -0.15) is 27.5 Å². The zero-order valence-corrected chi connectivity index (χ0v) is 10.9. The van der Waals surface area contributed by atoms with E-state index in [2.05, 4.69) is 30.0 Å². The average molecular weight is 303 g/mol. The molecule has 0 fully saturated rings. The van der Waals surface area contributed by atoms with E-state index in [1.165, 1.54) is 12.4 Å². The molecule has 2 rings (SSSR count). The number of hydrogen-bond donors (Lipinski definition) is 1. The molecule has 0 aliphatic rings. The summed E-state index contributed by atoms with van der Waals surface area (Å²) in [5.41, 5.74) is -1.50. The van der Waals surface area contributed by atoms with Gasteiger partial charge < -0.3 is 10.1 Å². The molecule has 0 unspecified atom stereocenters. The number of nitrogens with one attached hydrogen (secondary N) is 1. The van der Waals surface area contributed by atoms with Crippen LogP contribution < -0.4 is 10.1 Å². The molecule has 0 amide bonds. The Morgan fingerprint density at radius 1 is 1.14 bits per heavy atom. The van der Waals surface area contributed by atoms with Crippen LogP contribution in [0.3, 0.4) is 0 Å². The van der Waals surface area contributed by atoms with Gasteiger partial charge in [0, 0.05) is 19.4 Å². The molecule has 0 aromatic carbocycles. The van der Waals surface area contributed by atoms with Crippen molar-refractivity contribution in [2.75, 3.05) is 19.5 Å². The van der Waals surface area contributed by atoms with Crippen LogP contribution in [0.2, 0.25) is 0 Å². The molecule has 6 nitrogen and oxygen atoms in total. The smallest absolute Gasteiger partial charge is 0.426 e. The normalized spacial score (nSPS) is 11.3. The van der Waals surface area contributed by atoms with Crippen LogP contribution in [0.1, 0.15) is 5.56 Å². The number of aromatic nitrogens is 4. The molecule has 0 aliphatic heterocycles. The zero-order valence-electron chi connectivity index (χ0n) is 10.9. The maximum Gasteiger partial charge on any atom is 0.426 e. The Balaban J connectivity index is 2.53. The molecular weight excluding hydrogens is 294 g/mol. The summed E-state index contributed by atoms with van der Waals surface area (Å²) in [6.07, 6.45) is -2.46. The van der Waals surface area contributed by atoms with E-state index in [1.807, 2.05) is 0 Å². The second kappa shape index (κ2) is 5.46. The van der Waals surface area contributed by atoms with E-state index in [0.717, 1.165) is 7.11 Å². The highest BCUT2D eigenvalue weighted by Gasteiger charge is 2.40. The van der Waals surface area contributed by atoms with Crippen LogP contribution >= 0.6 is 0 Å². The third-order valence-corrected chi connectivity index (χ3v) is 2.44. The van der Waals surface area contributed by atoms with Crippen molar-refractivity contribution < 1.29 is 22.3 Å². The van der Waals surface area contributed by atoms with Gasteiger partial charge in [0.25, 0.3) is 0 Å². The fourth-order valence-corrected chi connectivity index (χ4v) is 1.50. The maximum absolute atomic E-state index is 13.6. The third kappa shape index (κ3) is 2.98. The van der Waals surface area contributed by atoms with E-state index >= 15 is 0 Å². The van der Waals surface area contributed by atoms with Crippen LogP contribution in [-0.2, 0) is 6.18 Å². The van der Waals surface area contributed by atoms with Gasteiger partial charge in [-0.15, -0.1) is 0 Å². The minimum absolute atomic E-state index is 0.153. The number of anilines is 1. The molecule has 0 radical (unpaired) electrons. The molecule has 0 saturated heterocycles. The standard InChI is InChI=1S/C11H9F4N5O/c1-16-10-17-3-5(4-18-10)8-19-7(12)6(11(13,14)15)9(20-8)21-2/h3-4H,1-2H3,(H,16,17,18). The summed E-state index contributed by atoms with van der Waals surface area (Å²) in [7, 11) is 2.55. The first-order chi connectivity index (χ1) is 9.86. The second-order valence-corrected chi connectivity index (χ2v) is 3.77. The highest BCUT2D eigenvalue weighted by molar-refractivity contribution is 5.54. The van der Waals surface area contributed by atoms with Crippen molar-refractivity contribution in [3.8, 4) is 17.3 Å². The Kier molecular flexibility index (Phi) is 3.87. The van der Waals surface area contributed by atoms with Gasteiger partial charge in [-0.1, -0.05) is 0 Å². The molecule has 0 spiro atoms. The van der Waals surface area contributed by atoms with Gasteiger partial charge in [0.2, 0.25) is 17.8 Å². The molecule has 2 aromatic heterocycles. The van der Waals surface area contributed by atoms with Crippen molar-refractivity contribution in [3.05, 3.63) is 23.9 Å². The predicted molar refractivity (Wildman–Crippen MR) is 64.1 cm³/mol. The first kappa shape index (κ1) is 14.9. The summed E-state index contributed by atoms with van der Waals surface area (Å²) in [6.45, 7) is 0. The molecule has 1 N–H and O–H groups in total. The van der Waals surface area contributed by atoms with E-state index < -0.39 is 23.6 Å². The number of nitrogens with zero attached hydrogens (tertiary/aromatic N) is 4. The molecule has 0 aliphatic carbocycles. The van der Waals surface area contributed by atoms with Crippen molar-refractivity contribution >= 4 is 5.95 Å². The summed E-state index contributed by atoms with van der Waals surface area (Å²) in [5.74, 6) is -2.64. The van der Waals surface area contributed by atoms with Crippen LogP contribution in [0.4, 0.5) is 23.5 Å². The molecule has 112 valence electrons. The van der Waals surface area contributed by atoms with Gasteiger partial charge in [-0.05, 0) is 0 Å². The maximum atomic E-state index is 13.6. The monoisotopic (exact) mass is 303 g/mol. The summed E-state index contributed by atoms with van der Waals surface area (Å²) in [5, 5.41) is 2.66. The predicted octanol–water partition coefficient (Wildman–Crippen LogP) is 2.14. The van der Waals surface area contributed by atoms with Crippen molar-refractivity contribution in [2.24, 2.45) is 0 Å². The van der Waals surface area contributed by atoms with Gasteiger partial charge in [0.05, 0.1) is 12.7 Å². The number of alkyl halides is 3. The van der Waals surface area contributed by atoms with E-state index in [1.54, 1.807) is 7.05 Å². The van der Waals surface area contributed by atoms with E-state index in [9.17, 15) is 17.6 Å². The lowest BCUT2D eigenvalue weighted by Crippen LogP contribution is -2.14. The summed E-state index contributed by atoms with van der Waals surface area (Å²) in [6, 6.07) is 0. The summed E-state index contributed by atoms with van der Waals surface area (Å²) < 4.78 is 56.2. The molecule has 2 heterocycles.